The molecule has 0 amide bonds. The van der Waals surface area contributed by atoms with Crippen molar-refractivity contribution in [3.63, 3.8) is 0 Å². The number of ether oxygens (including phenoxy) is 2. The van der Waals surface area contributed by atoms with Crippen LogP contribution in [0.1, 0.15) is 11.1 Å². The Morgan fingerprint density at radius 2 is 1.39 bits per heavy atom. The number of methoxy groups -OCH3 is 2. The first-order valence-electron chi connectivity index (χ1n) is 11.5. The molecule has 0 aliphatic carbocycles. The number of carbonyl (C=O) groups excluding carboxylic acids is 1. The molecule has 41 heavy (non-hydrogen) atoms. The first-order valence-corrected chi connectivity index (χ1v) is 12.2. The average Bonchev–Trinajstić information content (AvgIpc) is 2.99. The van der Waals surface area contributed by atoms with E-state index in [2.05, 4.69) is 18.1 Å². The molecule has 2 radical (unpaired) electrons. The molecule has 0 unspecified atom stereocenters. The monoisotopic (exact) mass is 594 g/mol. The molecule has 0 saturated heterocycles. The predicted molar refractivity (Wildman–Crippen MR) is 162 cm³/mol. The summed E-state index contributed by atoms with van der Waals surface area (Å²) >= 11 is 11.4. The lowest BCUT2D eigenvalue weighted by molar-refractivity contribution is -0.384. The smallest absolute Gasteiger partial charge is 0.287 e. The number of nitrogens with two attached hydrogens (primary N) is 1. The quantitative estimate of drug-likeness (QED) is 0.0469. The van der Waals surface area contributed by atoms with Crippen molar-refractivity contribution in [3.8, 4) is 11.5 Å². The third kappa shape index (κ3) is 12.8. The van der Waals surface area contributed by atoms with Crippen LogP contribution in [0.4, 0.5) is 17.1 Å². The second kappa shape index (κ2) is 19.4. The summed E-state index contributed by atoms with van der Waals surface area (Å²) in [7, 11) is 7.49. The molecule has 4 aromatic rings. The van der Waals surface area contributed by atoms with E-state index < -0.39 is 4.92 Å². The summed E-state index contributed by atoms with van der Waals surface area (Å²) < 4.78 is 10.0. The molecule has 0 heterocycles. The molecule has 2 N–H and O–H groups in total. The van der Waals surface area contributed by atoms with Gasteiger partial charge in [-0.05, 0) is 71.3 Å². The summed E-state index contributed by atoms with van der Waals surface area (Å²) in [4.78, 5) is 31.6. The van der Waals surface area contributed by atoms with Crippen molar-refractivity contribution >= 4 is 54.3 Å². The Kier molecular flexibility index (Phi) is 16.2. The highest BCUT2D eigenvalue weighted by molar-refractivity contribution is 6.33. The second-order valence-electron chi connectivity index (χ2n) is 7.57. The largest absolute Gasteiger partial charge is 0.497 e. The van der Waals surface area contributed by atoms with Crippen molar-refractivity contribution in [2.75, 3.05) is 20.0 Å². The lowest BCUT2D eigenvalue weighted by Crippen LogP contribution is -1.90. The summed E-state index contributed by atoms with van der Waals surface area (Å²) in [5.74, 6) is 1.64. The van der Waals surface area contributed by atoms with Gasteiger partial charge >= 0.3 is 0 Å². The number of para-hydroxylation sites is 1. The fourth-order valence-electron chi connectivity index (χ4n) is 2.97. The van der Waals surface area contributed by atoms with Gasteiger partial charge in [-0.1, -0.05) is 59.6 Å². The first kappa shape index (κ1) is 34.3. The van der Waals surface area contributed by atoms with Crippen molar-refractivity contribution in [1.29, 1.82) is 0 Å². The molecular weight excluding hydrogens is 570 g/mol. The highest BCUT2D eigenvalue weighted by atomic mass is 35.5. The van der Waals surface area contributed by atoms with E-state index in [9.17, 15) is 15.0 Å². The normalized spacial score (nSPS) is 9.07. The topological polar surface area (TPSA) is 146 Å². The van der Waals surface area contributed by atoms with Crippen molar-refractivity contribution in [1.82, 2.24) is 0 Å². The molecule has 0 aliphatic rings. The summed E-state index contributed by atoms with van der Waals surface area (Å²) in [5.41, 5.74) is 8.34. The van der Waals surface area contributed by atoms with E-state index >= 15 is 0 Å². The van der Waals surface area contributed by atoms with Gasteiger partial charge < -0.3 is 15.2 Å². The maximum Gasteiger partial charge on any atom is 0.287 e. The molecule has 4 rings (SSSR count). The van der Waals surface area contributed by atoms with Crippen LogP contribution < -0.4 is 15.2 Å². The third-order valence-electron chi connectivity index (χ3n) is 4.93. The van der Waals surface area contributed by atoms with E-state index in [4.69, 9.17) is 43.2 Å². The number of hydrogen-bond acceptors (Lipinski definition) is 9. The molecule has 0 aliphatic heterocycles. The molecule has 10 nitrogen and oxygen atoms in total. The second-order valence-corrected chi connectivity index (χ2v) is 8.38. The van der Waals surface area contributed by atoms with Crippen LogP contribution in [0.5, 0.6) is 11.5 Å². The van der Waals surface area contributed by atoms with E-state index in [1.165, 1.54) is 12.1 Å². The molecule has 210 valence electrons. The van der Waals surface area contributed by atoms with Gasteiger partial charge in [0, 0.05) is 11.8 Å². The van der Waals surface area contributed by atoms with Gasteiger partial charge in [-0.25, -0.2) is 4.79 Å². The minimum atomic E-state index is -0.512. The zero-order valence-electron chi connectivity index (χ0n) is 22.1. The number of anilines is 1. The Morgan fingerprint density at radius 1 is 0.878 bits per heavy atom. The van der Waals surface area contributed by atoms with Gasteiger partial charge in [0.05, 0.1) is 24.2 Å². The molecule has 0 atom stereocenters. The average molecular weight is 595 g/mol. The van der Waals surface area contributed by atoms with Gasteiger partial charge in [-0.3, -0.25) is 15.0 Å². The van der Waals surface area contributed by atoms with Gasteiger partial charge in [0.15, 0.2) is 0 Å². The summed E-state index contributed by atoms with van der Waals surface area (Å²) in [6.07, 6.45) is 1.70. The van der Waals surface area contributed by atoms with Gasteiger partial charge in [0.1, 0.15) is 22.2 Å². The number of hydrogen-bond donors (Lipinski definition) is 1. The van der Waals surface area contributed by atoms with Crippen molar-refractivity contribution in [3.05, 3.63) is 127 Å². The van der Waals surface area contributed by atoms with Crippen molar-refractivity contribution in [2.45, 2.75) is 6.42 Å². The number of nitro groups is 1. The Morgan fingerprint density at radius 3 is 1.83 bits per heavy atom. The number of rotatable bonds is 6. The van der Waals surface area contributed by atoms with Crippen molar-refractivity contribution in [2.24, 2.45) is 10.1 Å². The minimum Gasteiger partial charge on any atom is -0.497 e. The maximum atomic E-state index is 10.8. The molecular formula is C28H25BCl2N4O6. The first-order chi connectivity index (χ1) is 19.7. The highest BCUT2D eigenvalue weighted by Crippen LogP contribution is 2.30. The standard InChI is InChI=1S/C14H12ClNO2.C7H9NO.C6H4ClNO2.CBNO/c1-18-12-7-5-10(6-8-12)9-11-3-2-4-13(15)14(11)16-17;1-9-7-4-2-6(8)3-5-7;7-5-3-1-2-4-6(5)8(9)10;2-3-1-4/h2-8H,9H2,1H3;2-5H,8H2,1H3;1-4H;. The van der Waals surface area contributed by atoms with E-state index in [0.717, 1.165) is 34.4 Å². The minimum absolute atomic E-state index is 0.0517. The van der Waals surface area contributed by atoms with E-state index in [0.29, 0.717) is 17.1 Å². The fraction of sp³-hybridized carbons (Fsp3) is 0.107. The van der Waals surface area contributed by atoms with Crippen LogP contribution in [0.15, 0.2) is 101 Å². The predicted octanol–water partition coefficient (Wildman–Crippen LogP) is 7.27. The molecule has 0 spiro atoms. The van der Waals surface area contributed by atoms with Crippen LogP contribution >= 0.6 is 23.2 Å². The van der Waals surface area contributed by atoms with Gasteiger partial charge in [-0.2, -0.15) is 0 Å². The summed E-state index contributed by atoms with van der Waals surface area (Å²) in [5, 5.41) is 13.7. The number of nitro benzene ring substituents is 1. The van der Waals surface area contributed by atoms with Crippen molar-refractivity contribution < 1.29 is 19.2 Å². The number of nitrogens with zero attached hydrogens (tertiary/aromatic N) is 3. The lowest BCUT2D eigenvalue weighted by Gasteiger charge is -2.06. The third-order valence-corrected chi connectivity index (χ3v) is 5.56. The Labute approximate surface area is 248 Å². The highest BCUT2D eigenvalue weighted by Gasteiger charge is 2.09. The van der Waals surface area contributed by atoms with Crippen LogP contribution in [0.2, 0.25) is 10.0 Å². The molecule has 0 aromatic heterocycles. The number of halogens is 2. The van der Waals surface area contributed by atoms with Crippen LogP contribution in [-0.2, 0) is 11.2 Å². The number of isocyanates is 1. The number of nitrogen functional groups attached to an aromatic ring is 1. The lowest BCUT2D eigenvalue weighted by atomic mass is 10.0. The SMILES string of the molecule is COc1ccc(Cc2cccc(Cl)c2N=O)cc1.COc1ccc(N)cc1.O=[N+]([O-])c1ccccc1Cl.[B]N=C=O. The number of nitroso groups, excluding NO2 is 1. The van der Waals surface area contributed by atoms with Gasteiger partial charge in [0.2, 0.25) is 6.08 Å². The Bertz CT molecular complexity index is 1430. The molecule has 13 heteroatoms. The molecule has 0 bridgehead atoms. The fourth-order valence-corrected chi connectivity index (χ4v) is 3.41. The Hall–Kier alpha value is -4.70. The summed E-state index contributed by atoms with van der Waals surface area (Å²) in [6, 6.07) is 26.3. The maximum absolute atomic E-state index is 10.8. The molecule has 4 aromatic carbocycles. The van der Waals surface area contributed by atoms with Gasteiger partial charge in [-0.15, -0.1) is 4.91 Å². The molecule has 0 fully saturated rings. The van der Waals surface area contributed by atoms with Crippen LogP contribution in [0.25, 0.3) is 0 Å². The van der Waals surface area contributed by atoms with Gasteiger partial charge in [0.25, 0.3) is 13.7 Å². The molecule has 0 saturated carbocycles. The van der Waals surface area contributed by atoms with E-state index in [1.54, 1.807) is 44.6 Å². The van der Waals surface area contributed by atoms with E-state index in [1.807, 2.05) is 48.5 Å². The van der Waals surface area contributed by atoms with Crippen LogP contribution in [0, 0.1) is 15.0 Å². The van der Waals surface area contributed by atoms with Crippen LogP contribution in [-0.4, -0.2) is 33.2 Å². The zero-order chi connectivity index (χ0) is 30.6. The van der Waals surface area contributed by atoms with Crippen LogP contribution in [0.3, 0.4) is 0 Å². The van der Waals surface area contributed by atoms with E-state index in [-0.39, 0.29) is 10.7 Å². The number of benzene rings is 4. The Balaban J connectivity index is 0.000000310. The zero-order valence-corrected chi connectivity index (χ0v) is 23.6. The summed E-state index contributed by atoms with van der Waals surface area (Å²) in [6.45, 7) is 0.